The predicted molar refractivity (Wildman–Crippen MR) is 105 cm³/mol. The van der Waals surface area contributed by atoms with Crippen LogP contribution >= 0.6 is 0 Å². The number of carbonyl (C=O) groups excluding carboxylic acids is 1. The van der Waals surface area contributed by atoms with Gasteiger partial charge >= 0.3 is 6.03 Å². The minimum absolute atomic E-state index is 0.116. The van der Waals surface area contributed by atoms with E-state index in [1.54, 1.807) is 17.2 Å². The highest BCUT2D eigenvalue weighted by atomic mass is 19.1. The minimum Gasteiger partial charge on any atom is -0.364 e. The highest BCUT2D eigenvalue weighted by molar-refractivity contribution is 5.90. The molecule has 5 rings (SSSR count). The van der Waals surface area contributed by atoms with Crippen LogP contribution in [0.5, 0.6) is 0 Å². The lowest BCUT2D eigenvalue weighted by atomic mass is 10.0. The Bertz CT molecular complexity index is 1230. The Morgan fingerprint density at radius 1 is 1.37 bits per heavy atom. The van der Waals surface area contributed by atoms with E-state index in [1.807, 2.05) is 4.68 Å². The van der Waals surface area contributed by atoms with Gasteiger partial charge in [-0.1, -0.05) is 17.3 Å². The molecule has 0 unspecified atom stereocenters. The SMILES string of the molecule is C=C1Cc2conc2-c2c3c(nn2C1)CCN(C(=O)Nc1ccc(F)c(C#N)c1)C3. The standard InChI is InChI=1S/C21H17FN6O2/c1-12-6-14-11-30-26-19(14)20-16-10-27(5-4-18(16)25-28(20)9-12)21(29)24-15-2-3-17(22)13(7-15)8-23/h2-3,7,11H,1,4-6,9-10H2,(H,24,29). The van der Waals surface area contributed by atoms with E-state index in [2.05, 4.69) is 17.1 Å². The number of halogens is 1. The second-order valence-corrected chi connectivity index (χ2v) is 7.45. The van der Waals surface area contributed by atoms with Gasteiger partial charge < -0.3 is 14.7 Å². The number of amides is 2. The highest BCUT2D eigenvalue weighted by Gasteiger charge is 2.31. The van der Waals surface area contributed by atoms with E-state index in [9.17, 15) is 9.18 Å². The molecule has 0 aliphatic carbocycles. The average Bonchev–Trinajstić information content (AvgIpc) is 3.29. The van der Waals surface area contributed by atoms with Crippen LogP contribution in [-0.2, 0) is 25.9 Å². The zero-order valence-electron chi connectivity index (χ0n) is 16.0. The third kappa shape index (κ3) is 2.93. The van der Waals surface area contributed by atoms with Gasteiger partial charge in [0.25, 0.3) is 0 Å². The summed E-state index contributed by atoms with van der Waals surface area (Å²) in [5.74, 6) is -0.620. The molecular weight excluding hydrogens is 387 g/mol. The Hall–Kier alpha value is -3.93. The number of anilines is 1. The van der Waals surface area contributed by atoms with Crippen molar-refractivity contribution >= 4 is 11.7 Å². The number of nitrogens with zero attached hydrogens (tertiary/aromatic N) is 5. The largest absolute Gasteiger partial charge is 0.364 e. The fourth-order valence-corrected chi connectivity index (χ4v) is 3.99. The average molecular weight is 404 g/mol. The van der Waals surface area contributed by atoms with Gasteiger partial charge in [-0.25, -0.2) is 9.18 Å². The van der Waals surface area contributed by atoms with Crippen LogP contribution in [0.4, 0.5) is 14.9 Å². The Labute approximate surface area is 171 Å². The first kappa shape index (κ1) is 18.1. The van der Waals surface area contributed by atoms with Gasteiger partial charge in [0.05, 0.1) is 30.0 Å². The van der Waals surface area contributed by atoms with E-state index in [4.69, 9.17) is 14.9 Å². The summed E-state index contributed by atoms with van der Waals surface area (Å²) >= 11 is 0. The Kier molecular flexibility index (Phi) is 4.13. The fourth-order valence-electron chi connectivity index (χ4n) is 3.99. The molecule has 8 nitrogen and oxygen atoms in total. The maximum absolute atomic E-state index is 13.5. The van der Waals surface area contributed by atoms with Gasteiger partial charge in [0, 0.05) is 36.2 Å². The molecule has 9 heteroatoms. The van der Waals surface area contributed by atoms with Gasteiger partial charge in [-0.15, -0.1) is 0 Å². The molecule has 150 valence electrons. The van der Waals surface area contributed by atoms with Crippen LogP contribution in [0, 0.1) is 17.1 Å². The van der Waals surface area contributed by atoms with Gasteiger partial charge in [0.1, 0.15) is 23.8 Å². The second-order valence-electron chi connectivity index (χ2n) is 7.45. The molecule has 0 radical (unpaired) electrons. The first-order chi connectivity index (χ1) is 14.5. The van der Waals surface area contributed by atoms with Crippen LogP contribution in [0.3, 0.4) is 0 Å². The molecule has 0 spiro atoms. The van der Waals surface area contributed by atoms with E-state index in [-0.39, 0.29) is 11.6 Å². The maximum Gasteiger partial charge on any atom is 0.322 e. The Morgan fingerprint density at radius 3 is 3.07 bits per heavy atom. The van der Waals surface area contributed by atoms with Crippen molar-refractivity contribution < 1.29 is 13.7 Å². The summed E-state index contributed by atoms with van der Waals surface area (Å²) in [6.45, 7) is 5.57. The van der Waals surface area contributed by atoms with Crippen LogP contribution in [0.1, 0.15) is 22.4 Å². The van der Waals surface area contributed by atoms with Crippen molar-refractivity contribution in [1.82, 2.24) is 19.8 Å². The number of hydrogen-bond acceptors (Lipinski definition) is 5. The number of urea groups is 1. The molecule has 0 saturated carbocycles. The second kappa shape index (κ2) is 6.84. The van der Waals surface area contributed by atoms with Crippen molar-refractivity contribution in [3.05, 3.63) is 64.8 Å². The van der Waals surface area contributed by atoms with Crippen LogP contribution in [-0.4, -0.2) is 32.4 Å². The Morgan fingerprint density at radius 2 is 2.23 bits per heavy atom. The molecule has 2 aromatic heterocycles. The summed E-state index contributed by atoms with van der Waals surface area (Å²) in [5, 5.41) is 20.6. The summed E-state index contributed by atoms with van der Waals surface area (Å²) < 4.78 is 20.6. The van der Waals surface area contributed by atoms with Gasteiger partial charge in [0.2, 0.25) is 0 Å². The van der Waals surface area contributed by atoms with Crippen molar-refractivity contribution in [2.24, 2.45) is 0 Å². The number of fused-ring (bicyclic) bond motifs is 5. The normalized spacial score (nSPS) is 14.9. The van der Waals surface area contributed by atoms with E-state index in [0.29, 0.717) is 38.2 Å². The molecule has 2 aliphatic heterocycles. The molecule has 4 heterocycles. The quantitative estimate of drug-likeness (QED) is 0.628. The molecule has 0 saturated heterocycles. The third-order valence-corrected chi connectivity index (χ3v) is 5.41. The van der Waals surface area contributed by atoms with Crippen molar-refractivity contribution in [2.45, 2.75) is 25.9 Å². The van der Waals surface area contributed by atoms with Gasteiger partial charge in [-0.05, 0) is 18.2 Å². The fraction of sp³-hybridized carbons (Fsp3) is 0.238. The minimum atomic E-state index is -0.620. The van der Waals surface area contributed by atoms with Gasteiger partial charge in [-0.3, -0.25) is 4.68 Å². The molecule has 1 N–H and O–H groups in total. The number of benzene rings is 1. The predicted octanol–water partition coefficient (Wildman–Crippen LogP) is 3.25. The van der Waals surface area contributed by atoms with Crippen LogP contribution < -0.4 is 5.32 Å². The molecule has 3 aromatic rings. The number of rotatable bonds is 1. The number of allylic oxidation sites excluding steroid dienone is 1. The van der Waals surface area contributed by atoms with Crippen molar-refractivity contribution in [3.63, 3.8) is 0 Å². The van der Waals surface area contributed by atoms with Crippen molar-refractivity contribution in [1.29, 1.82) is 5.26 Å². The van der Waals surface area contributed by atoms with E-state index < -0.39 is 5.82 Å². The third-order valence-electron chi connectivity index (χ3n) is 5.41. The van der Waals surface area contributed by atoms with E-state index in [1.165, 1.54) is 18.2 Å². The van der Waals surface area contributed by atoms with Crippen LogP contribution in [0.2, 0.25) is 0 Å². The van der Waals surface area contributed by atoms with Gasteiger partial charge in [-0.2, -0.15) is 10.4 Å². The summed E-state index contributed by atoms with van der Waals surface area (Å²) in [5.41, 5.74) is 5.70. The van der Waals surface area contributed by atoms with Crippen LogP contribution in [0.15, 0.2) is 41.1 Å². The number of aromatic nitrogens is 3. The zero-order chi connectivity index (χ0) is 20.8. The van der Waals surface area contributed by atoms with Crippen molar-refractivity contribution in [3.8, 4) is 17.5 Å². The Balaban J connectivity index is 1.43. The van der Waals surface area contributed by atoms with Crippen LogP contribution in [0.25, 0.3) is 11.4 Å². The van der Waals surface area contributed by atoms with E-state index in [0.717, 1.165) is 33.8 Å². The molecule has 0 atom stereocenters. The number of nitrogens with one attached hydrogen (secondary N) is 1. The number of hydrogen-bond donors (Lipinski definition) is 1. The molecule has 0 fully saturated rings. The summed E-state index contributed by atoms with van der Waals surface area (Å²) in [4.78, 5) is 14.5. The molecule has 30 heavy (non-hydrogen) atoms. The van der Waals surface area contributed by atoms with E-state index >= 15 is 0 Å². The lowest BCUT2D eigenvalue weighted by Gasteiger charge is -2.27. The summed E-state index contributed by atoms with van der Waals surface area (Å²) in [7, 11) is 0. The van der Waals surface area contributed by atoms with Crippen molar-refractivity contribution in [2.75, 3.05) is 11.9 Å². The lowest BCUT2D eigenvalue weighted by Crippen LogP contribution is -2.38. The molecule has 2 aliphatic rings. The number of carbonyl (C=O) groups is 1. The highest BCUT2D eigenvalue weighted by Crippen LogP contribution is 2.35. The number of nitriles is 1. The maximum atomic E-state index is 13.5. The smallest absolute Gasteiger partial charge is 0.322 e. The molecule has 2 amide bonds. The monoisotopic (exact) mass is 404 g/mol. The zero-order valence-corrected chi connectivity index (χ0v) is 16.0. The molecular formula is C21H17FN6O2. The first-order valence-electron chi connectivity index (χ1n) is 9.48. The molecule has 1 aromatic carbocycles. The summed E-state index contributed by atoms with van der Waals surface area (Å²) in [6.07, 6.45) is 2.91. The first-order valence-corrected chi connectivity index (χ1v) is 9.48. The topological polar surface area (TPSA) is 100.0 Å². The molecule has 0 bridgehead atoms. The lowest BCUT2D eigenvalue weighted by molar-refractivity contribution is 0.206. The van der Waals surface area contributed by atoms with Gasteiger partial charge in [0.15, 0.2) is 0 Å². The summed E-state index contributed by atoms with van der Waals surface area (Å²) in [6, 6.07) is 5.37.